The minimum atomic E-state index is -0.434. The summed E-state index contributed by atoms with van der Waals surface area (Å²) in [5, 5.41) is 0. The molecule has 0 radical (unpaired) electrons. The summed E-state index contributed by atoms with van der Waals surface area (Å²) in [4.78, 5) is 13.2. The second-order valence-corrected chi connectivity index (χ2v) is 3.29. The number of hydrogen-bond donors (Lipinski definition) is 0. The zero-order valence-electron chi connectivity index (χ0n) is 9.77. The van der Waals surface area contributed by atoms with Crippen LogP contribution < -0.4 is 9.64 Å². The van der Waals surface area contributed by atoms with Crippen molar-refractivity contribution in [3.05, 3.63) is 36.9 Å². The average molecular weight is 219 g/mol. The summed E-state index contributed by atoms with van der Waals surface area (Å²) in [6.07, 6.45) is 1.16. The summed E-state index contributed by atoms with van der Waals surface area (Å²) < 4.78 is 5.06. The van der Waals surface area contributed by atoms with E-state index in [-0.39, 0.29) is 0 Å². The molecule has 16 heavy (non-hydrogen) atoms. The van der Waals surface area contributed by atoms with Crippen LogP contribution >= 0.6 is 0 Å². The van der Waals surface area contributed by atoms with Crippen LogP contribution in [0.5, 0.6) is 5.75 Å². The molecule has 0 spiro atoms. The first-order valence-corrected chi connectivity index (χ1v) is 5.40. The Labute approximate surface area is 96.3 Å². The zero-order chi connectivity index (χ0) is 12.0. The number of hydrogen-bond acceptors (Lipinski definition) is 3. The molecule has 0 saturated carbocycles. The van der Waals surface area contributed by atoms with E-state index < -0.39 is 5.97 Å². The number of rotatable bonds is 5. The fourth-order valence-electron chi connectivity index (χ4n) is 1.49. The molecule has 0 aliphatic carbocycles. The van der Waals surface area contributed by atoms with Gasteiger partial charge in [0, 0.05) is 30.9 Å². The highest BCUT2D eigenvalue weighted by atomic mass is 16.5. The van der Waals surface area contributed by atoms with Crippen LogP contribution in [0.2, 0.25) is 0 Å². The van der Waals surface area contributed by atoms with Gasteiger partial charge < -0.3 is 9.64 Å². The molecule has 0 aliphatic heterocycles. The number of nitrogens with zero attached hydrogens (tertiary/aromatic N) is 1. The fourth-order valence-corrected chi connectivity index (χ4v) is 1.49. The molecule has 1 aromatic rings. The fraction of sp³-hybridized carbons (Fsp3) is 0.308. The Bertz CT molecular complexity index is 370. The molecule has 0 bridgehead atoms. The second-order valence-electron chi connectivity index (χ2n) is 3.29. The lowest BCUT2D eigenvalue weighted by Gasteiger charge is -2.21. The van der Waals surface area contributed by atoms with Gasteiger partial charge in [0.15, 0.2) is 0 Å². The average Bonchev–Trinajstić information content (AvgIpc) is 2.31. The molecular formula is C13H17NO2. The molecule has 3 heteroatoms. The Morgan fingerprint density at radius 1 is 1.44 bits per heavy atom. The first kappa shape index (κ1) is 12.3. The van der Waals surface area contributed by atoms with Crippen molar-refractivity contribution in [1.82, 2.24) is 0 Å². The van der Waals surface area contributed by atoms with E-state index in [1.807, 2.05) is 18.2 Å². The van der Waals surface area contributed by atoms with Crippen molar-refractivity contribution in [1.29, 1.82) is 0 Å². The van der Waals surface area contributed by atoms with Crippen LogP contribution in [0.15, 0.2) is 36.9 Å². The summed E-state index contributed by atoms with van der Waals surface area (Å²) in [5.74, 6) is 0.117. The Hall–Kier alpha value is -1.77. The van der Waals surface area contributed by atoms with E-state index >= 15 is 0 Å². The van der Waals surface area contributed by atoms with Gasteiger partial charge in [-0.05, 0) is 26.0 Å². The predicted octanol–water partition coefficient (Wildman–Crippen LogP) is 2.62. The van der Waals surface area contributed by atoms with Gasteiger partial charge in [-0.2, -0.15) is 0 Å². The lowest BCUT2D eigenvalue weighted by molar-refractivity contribution is -0.128. The number of anilines is 1. The standard InChI is InChI=1S/C13H17NO2/c1-4-13(15)16-12-9-7-8-11(10-12)14(5-2)6-3/h4,7-10H,1,5-6H2,2-3H3. The van der Waals surface area contributed by atoms with Crippen LogP contribution in [-0.4, -0.2) is 19.1 Å². The summed E-state index contributed by atoms with van der Waals surface area (Å²) >= 11 is 0. The third-order valence-corrected chi connectivity index (χ3v) is 2.33. The first-order chi connectivity index (χ1) is 7.71. The molecule has 0 atom stereocenters. The highest BCUT2D eigenvalue weighted by Crippen LogP contribution is 2.21. The van der Waals surface area contributed by atoms with Gasteiger partial charge in [0.25, 0.3) is 0 Å². The van der Waals surface area contributed by atoms with E-state index in [1.165, 1.54) is 0 Å². The third kappa shape index (κ3) is 3.12. The number of carbonyl (C=O) groups is 1. The van der Waals surface area contributed by atoms with Crippen molar-refractivity contribution >= 4 is 11.7 Å². The van der Waals surface area contributed by atoms with Crippen LogP contribution in [0.4, 0.5) is 5.69 Å². The van der Waals surface area contributed by atoms with Gasteiger partial charge in [0.05, 0.1) is 0 Å². The second kappa shape index (κ2) is 5.95. The van der Waals surface area contributed by atoms with E-state index in [4.69, 9.17) is 4.74 Å². The highest BCUT2D eigenvalue weighted by Gasteiger charge is 2.04. The Balaban J connectivity index is 2.85. The van der Waals surface area contributed by atoms with E-state index in [2.05, 4.69) is 25.3 Å². The highest BCUT2D eigenvalue weighted by molar-refractivity contribution is 5.83. The normalized spacial score (nSPS) is 9.62. The molecule has 0 heterocycles. The SMILES string of the molecule is C=CC(=O)Oc1cccc(N(CC)CC)c1. The van der Waals surface area contributed by atoms with Gasteiger partial charge in [-0.3, -0.25) is 0 Å². The van der Waals surface area contributed by atoms with Gasteiger partial charge >= 0.3 is 5.97 Å². The maximum Gasteiger partial charge on any atom is 0.335 e. The monoisotopic (exact) mass is 219 g/mol. The van der Waals surface area contributed by atoms with E-state index in [9.17, 15) is 4.79 Å². The molecule has 0 unspecified atom stereocenters. The summed E-state index contributed by atoms with van der Waals surface area (Å²) in [5.41, 5.74) is 1.05. The molecule has 86 valence electrons. The number of ether oxygens (including phenoxy) is 1. The van der Waals surface area contributed by atoms with Gasteiger partial charge in [-0.25, -0.2) is 4.79 Å². The van der Waals surface area contributed by atoms with Gasteiger partial charge in [0.2, 0.25) is 0 Å². The molecule has 1 rings (SSSR count). The van der Waals surface area contributed by atoms with Gasteiger partial charge in [-0.1, -0.05) is 12.6 Å². The zero-order valence-corrected chi connectivity index (χ0v) is 9.77. The molecule has 0 aliphatic rings. The molecule has 0 saturated heterocycles. The minimum absolute atomic E-state index is 0.434. The maximum atomic E-state index is 11.0. The lowest BCUT2D eigenvalue weighted by Crippen LogP contribution is -2.21. The summed E-state index contributed by atoms with van der Waals surface area (Å²) in [7, 11) is 0. The van der Waals surface area contributed by atoms with E-state index in [0.717, 1.165) is 24.9 Å². The van der Waals surface area contributed by atoms with Gasteiger partial charge in [-0.15, -0.1) is 0 Å². The predicted molar refractivity (Wildman–Crippen MR) is 65.8 cm³/mol. The van der Waals surface area contributed by atoms with Crippen LogP contribution in [-0.2, 0) is 4.79 Å². The van der Waals surface area contributed by atoms with Crippen molar-refractivity contribution < 1.29 is 9.53 Å². The van der Waals surface area contributed by atoms with Crippen molar-refractivity contribution in [3.8, 4) is 5.75 Å². The van der Waals surface area contributed by atoms with E-state index in [1.54, 1.807) is 6.07 Å². The number of benzene rings is 1. The molecule has 0 amide bonds. The van der Waals surface area contributed by atoms with E-state index in [0.29, 0.717) is 5.75 Å². The molecule has 3 nitrogen and oxygen atoms in total. The van der Waals surface area contributed by atoms with Crippen LogP contribution in [0.3, 0.4) is 0 Å². The Morgan fingerprint density at radius 3 is 2.69 bits per heavy atom. The number of carbonyl (C=O) groups excluding carboxylic acids is 1. The number of esters is 1. The smallest absolute Gasteiger partial charge is 0.335 e. The topological polar surface area (TPSA) is 29.5 Å². The summed E-state index contributed by atoms with van der Waals surface area (Å²) in [6, 6.07) is 7.49. The molecular weight excluding hydrogens is 202 g/mol. The molecule has 0 N–H and O–H groups in total. The molecule has 0 fully saturated rings. The third-order valence-electron chi connectivity index (χ3n) is 2.33. The van der Waals surface area contributed by atoms with Crippen molar-refractivity contribution in [2.24, 2.45) is 0 Å². The quantitative estimate of drug-likeness (QED) is 0.433. The maximum absolute atomic E-state index is 11.0. The first-order valence-electron chi connectivity index (χ1n) is 5.40. The van der Waals surface area contributed by atoms with Crippen LogP contribution in [0.1, 0.15) is 13.8 Å². The van der Waals surface area contributed by atoms with Crippen molar-refractivity contribution in [2.75, 3.05) is 18.0 Å². The summed E-state index contributed by atoms with van der Waals surface area (Å²) in [6.45, 7) is 9.39. The molecule has 0 aromatic heterocycles. The lowest BCUT2D eigenvalue weighted by atomic mass is 10.2. The largest absolute Gasteiger partial charge is 0.423 e. The van der Waals surface area contributed by atoms with Crippen molar-refractivity contribution in [3.63, 3.8) is 0 Å². The van der Waals surface area contributed by atoms with Crippen molar-refractivity contribution in [2.45, 2.75) is 13.8 Å². The minimum Gasteiger partial charge on any atom is -0.423 e. The Morgan fingerprint density at radius 2 is 2.12 bits per heavy atom. The van der Waals surface area contributed by atoms with Crippen LogP contribution in [0.25, 0.3) is 0 Å². The Kier molecular flexibility index (Phi) is 4.58. The van der Waals surface area contributed by atoms with Crippen LogP contribution in [0, 0.1) is 0 Å². The van der Waals surface area contributed by atoms with Gasteiger partial charge in [0.1, 0.15) is 5.75 Å². The molecule has 1 aromatic carbocycles.